The lowest BCUT2D eigenvalue weighted by Gasteiger charge is -2.35. The van der Waals surface area contributed by atoms with Crippen molar-refractivity contribution in [1.82, 2.24) is 9.62 Å². The highest BCUT2D eigenvalue weighted by Crippen LogP contribution is 2.26. The van der Waals surface area contributed by atoms with Gasteiger partial charge in [-0.3, -0.25) is 4.90 Å². The predicted molar refractivity (Wildman–Crippen MR) is 108 cm³/mol. The number of nitrogens with one attached hydrogen (secondary N) is 1. The molecule has 0 saturated heterocycles. The second kappa shape index (κ2) is 8.87. The van der Waals surface area contributed by atoms with Crippen molar-refractivity contribution in [3.05, 3.63) is 59.7 Å². The molecule has 6 heteroatoms. The van der Waals surface area contributed by atoms with Crippen LogP contribution in [0, 0.1) is 6.92 Å². The molecule has 27 heavy (non-hydrogen) atoms. The van der Waals surface area contributed by atoms with Gasteiger partial charge in [-0.05, 0) is 50.1 Å². The lowest BCUT2D eigenvalue weighted by molar-refractivity contribution is 0.121. The van der Waals surface area contributed by atoms with E-state index in [4.69, 9.17) is 4.74 Å². The maximum atomic E-state index is 12.5. The van der Waals surface area contributed by atoms with Crippen LogP contribution in [0.4, 0.5) is 0 Å². The lowest BCUT2D eigenvalue weighted by atomic mass is 10.0. The number of hydrogen-bond donors (Lipinski definition) is 1. The Balaban J connectivity index is 1.59. The van der Waals surface area contributed by atoms with Crippen molar-refractivity contribution in [2.45, 2.75) is 37.6 Å². The number of nitrogens with zero attached hydrogens (tertiary/aromatic N) is 1. The molecule has 1 N–H and O–H groups in total. The Hall–Kier alpha value is -1.89. The van der Waals surface area contributed by atoms with Crippen LogP contribution in [0.15, 0.2) is 53.4 Å². The summed E-state index contributed by atoms with van der Waals surface area (Å²) < 4.78 is 33.6. The van der Waals surface area contributed by atoms with E-state index >= 15 is 0 Å². The number of hydrogen-bond acceptors (Lipinski definition) is 4. The molecule has 0 amide bonds. The van der Waals surface area contributed by atoms with Crippen LogP contribution >= 0.6 is 0 Å². The van der Waals surface area contributed by atoms with Gasteiger partial charge in [-0.1, -0.05) is 42.8 Å². The smallest absolute Gasteiger partial charge is 0.240 e. The standard InChI is InChI=1S/C21H28N2O3S/c1-3-13-23(19-15-18-6-4-5-7-21(18)26-16-19)14-12-22-27(24,25)20-10-8-17(2)9-11-20/h4-11,19,22H,3,12-16H2,1-2H3. The van der Waals surface area contributed by atoms with Gasteiger partial charge in [0.05, 0.1) is 4.90 Å². The zero-order valence-electron chi connectivity index (χ0n) is 16.0. The van der Waals surface area contributed by atoms with E-state index < -0.39 is 10.0 Å². The number of rotatable bonds is 8. The third-order valence-corrected chi connectivity index (χ3v) is 6.39. The van der Waals surface area contributed by atoms with E-state index in [9.17, 15) is 8.42 Å². The minimum absolute atomic E-state index is 0.267. The minimum Gasteiger partial charge on any atom is -0.492 e. The van der Waals surface area contributed by atoms with Crippen molar-refractivity contribution in [3.63, 3.8) is 0 Å². The summed E-state index contributed by atoms with van der Waals surface area (Å²) in [6.45, 7) is 6.69. The van der Waals surface area contributed by atoms with Crippen molar-refractivity contribution < 1.29 is 13.2 Å². The molecule has 5 nitrogen and oxygen atoms in total. The van der Waals surface area contributed by atoms with E-state index in [1.165, 1.54) is 5.56 Å². The Labute approximate surface area is 162 Å². The molecule has 0 fully saturated rings. The monoisotopic (exact) mass is 388 g/mol. The summed E-state index contributed by atoms with van der Waals surface area (Å²) in [5.41, 5.74) is 2.26. The first-order valence-electron chi connectivity index (χ1n) is 9.50. The molecule has 1 aliphatic heterocycles. The summed E-state index contributed by atoms with van der Waals surface area (Å²) in [5, 5.41) is 0. The molecule has 1 atom stereocenters. The zero-order chi connectivity index (χ0) is 19.3. The Morgan fingerprint density at radius 1 is 1.11 bits per heavy atom. The van der Waals surface area contributed by atoms with Crippen LogP contribution in [-0.2, 0) is 16.4 Å². The first-order chi connectivity index (χ1) is 13.0. The van der Waals surface area contributed by atoms with E-state index in [-0.39, 0.29) is 6.04 Å². The van der Waals surface area contributed by atoms with Crippen molar-refractivity contribution in [2.24, 2.45) is 0 Å². The largest absolute Gasteiger partial charge is 0.492 e. The van der Waals surface area contributed by atoms with Gasteiger partial charge in [-0.15, -0.1) is 0 Å². The summed E-state index contributed by atoms with van der Waals surface area (Å²) in [7, 11) is -3.47. The van der Waals surface area contributed by atoms with E-state index in [0.717, 1.165) is 30.7 Å². The van der Waals surface area contributed by atoms with Gasteiger partial charge < -0.3 is 4.74 Å². The van der Waals surface area contributed by atoms with Crippen LogP contribution in [0.2, 0.25) is 0 Å². The number of ether oxygens (including phenoxy) is 1. The fraction of sp³-hybridized carbons (Fsp3) is 0.429. The summed E-state index contributed by atoms with van der Waals surface area (Å²) in [5.74, 6) is 0.963. The third-order valence-electron chi connectivity index (χ3n) is 4.91. The van der Waals surface area contributed by atoms with Crippen LogP contribution in [0.25, 0.3) is 0 Å². The molecular weight excluding hydrogens is 360 g/mol. The van der Waals surface area contributed by atoms with Crippen molar-refractivity contribution in [3.8, 4) is 5.75 Å². The number of sulfonamides is 1. The van der Waals surface area contributed by atoms with E-state index in [1.807, 2.05) is 37.3 Å². The number of para-hydroxylation sites is 1. The van der Waals surface area contributed by atoms with E-state index in [1.54, 1.807) is 12.1 Å². The molecule has 0 aromatic heterocycles. The Morgan fingerprint density at radius 2 is 1.85 bits per heavy atom. The molecule has 0 bridgehead atoms. The molecule has 2 aromatic carbocycles. The Kier molecular flexibility index (Phi) is 6.52. The van der Waals surface area contributed by atoms with Crippen LogP contribution in [0.3, 0.4) is 0 Å². The predicted octanol–water partition coefficient (Wildman–Crippen LogP) is 2.99. The fourth-order valence-corrected chi connectivity index (χ4v) is 4.46. The van der Waals surface area contributed by atoms with Crippen molar-refractivity contribution in [2.75, 3.05) is 26.2 Å². The number of benzene rings is 2. The summed E-state index contributed by atoms with van der Waals surface area (Å²) >= 11 is 0. The molecule has 1 unspecified atom stereocenters. The maximum Gasteiger partial charge on any atom is 0.240 e. The normalized spacial score (nSPS) is 16.8. The summed E-state index contributed by atoms with van der Waals surface area (Å²) in [4.78, 5) is 2.64. The van der Waals surface area contributed by atoms with Crippen LogP contribution in [0.5, 0.6) is 5.75 Å². The van der Waals surface area contributed by atoms with Crippen LogP contribution in [0.1, 0.15) is 24.5 Å². The summed E-state index contributed by atoms with van der Waals surface area (Å²) in [6, 6.07) is 15.3. The van der Waals surface area contributed by atoms with Gasteiger partial charge in [0.2, 0.25) is 10.0 Å². The van der Waals surface area contributed by atoms with Gasteiger partial charge in [0.1, 0.15) is 12.4 Å². The summed E-state index contributed by atoms with van der Waals surface area (Å²) in [6.07, 6.45) is 1.95. The second-order valence-electron chi connectivity index (χ2n) is 7.02. The van der Waals surface area contributed by atoms with Gasteiger partial charge in [0.25, 0.3) is 0 Å². The highest BCUT2D eigenvalue weighted by atomic mass is 32.2. The van der Waals surface area contributed by atoms with Crippen molar-refractivity contribution in [1.29, 1.82) is 0 Å². The molecule has 0 saturated carbocycles. The maximum absolute atomic E-state index is 12.5. The first-order valence-corrected chi connectivity index (χ1v) is 11.0. The Morgan fingerprint density at radius 3 is 2.59 bits per heavy atom. The van der Waals surface area contributed by atoms with E-state index in [2.05, 4.69) is 22.6 Å². The topological polar surface area (TPSA) is 58.6 Å². The number of aryl methyl sites for hydroxylation is 1. The average Bonchev–Trinajstić information content (AvgIpc) is 2.67. The highest BCUT2D eigenvalue weighted by molar-refractivity contribution is 7.89. The SMILES string of the molecule is CCCN(CCNS(=O)(=O)c1ccc(C)cc1)C1COc2ccccc2C1. The molecule has 0 spiro atoms. The van der Waals surface area contributed by atoms with Gasteiger partial charge >= 0.3 is 0 Å². The molecule has 2 aromatic rings. The second-order valence-corrected chi connectivity index (χ2v) is 8.79. The van der Waals surface area contributed by atoms with Crippen LogP contribution < -0.4 is 9.46 Å². The molecule has 1 heterocycles. The molecule has 0 aliphatic carbocycles. The number of fused-ring (bicyclic) bond motifs is 1. The van der Waals surface area contributed by atoms with Crippen LogP contribution in [-0.4, -0.2) is 45.6 Å². The molecule has 146 valence electrons. The molecule has 0 radical (unpaired) electrons. The lowest BCUT2D eigenvalue weighted by Crippen LogP contribution is -2.46. The average molecular weight is 389 g/mol. The third kappa shape index (κ3) is 5.09. The van der Waals surface area contributed by atoms with E-state index in [0.29, 0.717) is 24.6 Å². The van der Waals surface area contributed by atoms with Gasteiger partial charge in [0.15, 0.2) is 0 Å². The zero-order valence-corrected chi connectivity index (χ0v) is 16.8. The Bertz CT molecular complexity index is 850. The van der Waals surface area contributed by atoms with Gasteiger partial charge in [-0.25, -0.2) is 13.1 Å². The highest BCUT2D eigenvalue weighted by Gasteiger charge is 2.25. The quantitative estimate of drug-likeness (QED) is 0.755. The molecule has 3 rings (SSSR count). The molecule has 1 aliphatic rings. The van der Waals surface area contributed by atoms with Gasteiger partial charge in [-0.2, -0.15) is 0 Å². The first kappa shape index (κ1) is 19.9. The van der Waals surface area contributed by atoms with Gasteiger partial charge in [0, 0.05) is 19.1 Å². The molecular formula is C21H28N2O3S. The van der Waals surface area contributed by atoms with Crippen molar-refractivity contribution >= 4 is 10.0 Å². The minimum atomic E-state index is -3.47. The fourth-order valence-electron chi connectivity index (χ4n) is 3.44.